The SMILES string of the molecule is O=C(N1CCC[C@@H](N2CCN(c3ccc(F)cc3)CC2)C1)C1(c2ccccc2)CC1. The Bertz CT molecular complexity index is 873. The molecule has 3 aliphatic rings. The molecule has 158 valence electrons. The van der Waals surface area contributed by atoms with Gasteiger partial charge in [0.15, 0.2) is 0 Å². The Hall–Kier alpha value is -2.40. The van der Waals surface area contributed by atoms with Crippen LogP contribution in [0.1, 0.15) is 31.2 Å². The summed E-state index contributed by atoms with van der Waals surface area (Å²) in [5, 5.41) is 0. The van der Waals surface area contributed by atoms with Crippen LogP contribution < -0.4 is 4.90 Å². The van der Waals surface area contributed by atoms with Gasteiger partial charge in [-0.15, -0.1) is 0 Å². The van der Waals surface area contributed by atoms with Crippen molar-refractivity contribution in [1.82, 2.24) is 9.80 Å². The molecule has 1 atom stereocenters. The van der Waals surface area contributed by atoms with Crippen molar-refractivity contribution in [3.63, 3.8) is 0 Å². The Balaban J connectivity index is 1.20. The van der Waals surface area contributed by atoms with E-state index in [1.807, 2.05) is 30.3 Å². The van der Waals surface area contributed by atoms with E-state index >= 15 is 0 Å². The highest BCUT2D eigenvalue weighted by atomic mass is 19.1. The van der Waals surface area contributed by atoms with Crippen LogP contribution in [0.3, 0.4) is 0 Å². The zero-order valence-electron chi connectivity index (χ0n) is 17.5. The van der Waals surface area contributed by atoms with Crippen molar-refractivity contribution in [1.29, 1.82) is 0 Å². The van der Waals surface area contributed by atoms with Gasteiger partial charge in [-0.1, -0.05) is 30.3 Å². The number of benzene rings is 2. The van der Waals surface area contributed by atoms with Crippen LogP contribution in [0.25, 0.3) is 0 Å². The number of halogens is 1. The van der Waals surface area contributed by atoms with E-state index in [4.69, 9.17) is 0 Å². The topological polar surface area (TPSA) is 26.8 Å². The van der Waals surface area contributed by atoms with Gasteiger partial charge in [0.2, 0.25) is 5.91 Å². The van der Waals surface area contributed by atoms with Gasteiger partial charge in [0, 0.05) is 51.0 Å². The normalized spacial score (nSPS) is 24.0. The van der Waals surface area contributed by atoms with Gasteiger partial charge in [0.25, 0.3) is 0 Å². The largest absolute Gasteiger partial charge is 0.369 e. The molecule has 5 rings (SSSR count). The fourth-order valence-corrected chi connectivity index (χ4v) is 5.25. The number of carbonyl (C=O) groups is 1. The molecule has 1 amide bonds. The molecule has 2 aromatic carbocycles. The molecule has 0 N–H and O–H groups in total. The van der Waals surface area contributed by atoms with Crippen molar-refractivity contribution in [3.05, 3.63) is 66.0 Å². The Morgan fingerprint density at radius 3 is 2.27 bits per heavy atom. The molecule has 4 nitrogen and oxygen atoms in total. The summed E-state index contributed by atoms with van der Waals surface area (Å²) in [6, 6.07) is 17.6. The molecule has 5 heteroatoms. The molecule has 0 spiro atoms. The van der Waals surface area contributed by atoms with Crippen LogP contribution in [0, 0.1) is 5.82 Å². The second-order valence-corrected chi connectivity index (χ2v) is 8.99. The molecule has 0 radical (unpaired) electrons. The van der Waals surface area contributed by atoms with E-state index < -0.39 is 0 Å². The van der Waals surface area contributed by atoms with Gasteiger partial charge in [-0.3, -0.25) is 9.69 Å². The number of rotatable bonds is 4. The van der Waals surface area contributed by atoms with Gasteiger partial charge in [-0.25, -0.2) is 4.39 Å². The molecule has 0 bridgehead atoms. The van der Waals surface area contributed by atoms with Crippen molar-refractivity contribution in [2.45, 2.75) is 37.1 Å². The fraction of sp³-hybridized carbons (Fsp3) is 0.480. The first-order chi connectivity index (χ1) is 14.7. The third-order valence-corrected chi connectivity index (χ3v) is 7.19. The number of amides is 1. The van der Waals surface area contributed by atoms with Gasteiger partial charge in [0.1, 0.15) is 5.82 Å². The fourth-order valence-electron chi connectivity index (χ4n) is 5.25. The second-order valence-electron chi connectivity index (χ2n) is 8.99. The molecule has 0 unspecified atom stereocenters. The van der Waals surface area contributed by atoms with Crippen LogP contribution in [0.4, 0.5) is 10.1 Å². The number of anilines is 1. The molecule has 2 saturated heterocycles. The van der Waals surface area contributed by atoms with Crippen LogP contribution in [-0.2, 0) is 10.2 Å². The average molecular weight is 408 g/mol. The van der Waals surface area contributed by atoms with Gasteiger partial charge < -0.3 is 9.80 Å². The number of likely N-dealkylation sites (tertiary alicyclic amines) is 1. The maximum atomic E-state index is 13.4. The monoisotopic (exact) mass is 407 g/mol. The van der Waals surface area contributed by atoms with Gasteiger partial charge in [0.05, 0.1) is 5.41 Å². The summed E-state index contributed by atoms with van der Waals surface area (Å²) < 4.78 is 13.2. The van der Waals surface area contributed by atoms with E-state index in [-0.39, 0.29) is 11.2 Å². The van der Waals surface area contributed by atoms with E-state index in [9.17, 15) is 9.18 Å². The van der Waals surface area contributed by atoms with Gasteiger partial charge in [-0.2, -0.15) is 0 Å². The number of piperazine rings is 1. The lowest BCUT2D eigenvalue weighted by atomic mass is 9.92. The summed E-state index contributed by atoms with van der Waals surface area (Å²) in [5.74, 6) is 0.150. The van der Waals surface area contributed by atoms with Crippen LogP contribution in [0.15, 0.2) is 54.6 Å². The molecule has 2 heterocycles. The van der Waals surface area contributed by atoms with Crippen molar-refractivity contribution in [3.8, 4) is 0 Å². The second kappa shape index (κ2) is 8.03. The zero-order chi connectivity index (χ0) is 20.6. The highest BCUT2D eigenvalue weighted by Crippen LogP contribution is 2.49. The van der Waals surface area contributed by atoms with E-state index in [0.717, 1.165) is 64.2 Å². The van der Waals surface area contributed by atoms with Crippen LogP contribution in [0.5, 0.6) is 0 Å². The maximum Gasteiger partial charge on any atom is 0.233 e. The summed E-state index contributed by atoms with van der Waals surface area (Å²) in [7, 11) is 0. The molecule has 0 aromatic heterocycles. The van der Waals surface area contributed by atoms with Crippen molar-refractivity contribution in [2.24, 2.45) is 0 Å². The predicted molar refractivity (Wildman–Crippen MR) is 117 cm³/mol. The molecule has 30 heavy (non-hydrogen) atoms. The Morgan fingerprint density at radius 2 is 1.60 bits per heavy atom. The van der Waals surface area contributed by atoms with Crippen molar-refractivity contribution in [2.75, 3.05) is 44.2 Å². The van der Waals surface area contributed by atoms with Crippen LogP contribution >= 0.6 is 0 Å². The first-order valence-electron chi connectivity index (χ1n) is 11.3. The molecule has 1 aliphatic carbocycles. The lowest BCUT2D eigenvalue weighted by molar-refractivity contribution is -0.136. The Labute approximate surface area is 178 Å². The number of hydrogen-bond acceptors (Lipinski definition) is 3. The molecule has 2 aromatic rings. The Morgan fingerprint density at radius 1 is 0.900 bits per heavy atom. The van der Waals surface area contributed by atoms with Gasteiger partial charge >= 0.3 is 0 Å². The van der Waals surface area contributed by atoms with E-state index in [0.29, 0.717) is 11.9 Å². The smallest absolute Gasteiger partial charge is 0.233 e. The highest BCUT2D eigenvalue weighted by Gasteiger charge is 2.53. The molecule has 3 fully saturated rings. The summed E-state index contributed by atoms with van der Waals surface area (Å²) in [6.45, 7) is 5.62. The number of nitrogens with zero attached hydrogens (tertiary/aromatic N) is 3. The minimum atomic E-state index is -0.259. The van der Waals surface area contributed by atoms with E-state index in [1.165, 1.54) is 24.1 Å². The minimum absolute atomic E-state index is 0.187. The quantitative estimate of drug-likeness (QED) is 0.774. The highest BCUT2D eigenvalue weighted by molar-refractivity contribution is 5.91. The van der Waals surface area contributed by atoms with Gasteiger partial charge in [-0.05, 0) is 55.5 Å². The first kappa shape index (κ1) is 19.6. The summed E-state index contributed by atoms with van der Waals surface area (Å²) in [4.78, 5) is 20.5. The standard InChI is InChI=1S/C25H30FN3O/c26-21-8-10-22(11-9-21)27-15-17-28(18-16-27)23-7-4-14-29(19-23)24(30)25(12-13-25)20-5-2-1-3-6-20/h1-3,5-6,8-11,23H,4,7,12-19H2/t23-/m1/s1. The third kappa shape index (κ3) is 3.71. The van der Waals surface area contributed by atoms with E-state index in [2.05, 4.69) is 26.8 Å². The molecule has 1 saturated carbocycles. The Kier molecular flexibility index (Phi) is 5.23. The van der Waals surface area contributed by atoms with Crippen LogP contribution in [-0.4, -0.2) is 61.0 Å². The minimum Gasteiger partial charge on any atom is -0.369 e. The maximum absolute atomic E-state index is 13.4. The number of carbonyl (C=O) groups excluding carboxylic acids is 1. The summed E-state index contributed by atoms with van der Waals surface area (Å²) >= 11 is 0. The summed E-state index contributed by atoms with van der Waals surface area (Å²) in [5.41, 5.74) is 2.02. The molecular formula is C25H30FN3O. The lowest BCUT2D eigenvalue weighted by Gasteiger charge is -2.44. The molecule has 2 aliphatic heterocycles. The van der Waals surface area contributed by atoms with E-state index in [1.54, 1.807) is 0 Å². The number of hydrogen-bond donors (Lipinski definition) is 0. The average Bonchev–Trinajstić information content (AvgIpc) is 3.62. The predicted octanol–water partition coefficient (Wildman–Crippen LogP) is 3.67. The first-order valence-corrected chi connectivity index (χ1v) is 11.3. The van der Waals surface area contributed by atoms with Crippen molar-refractivity contribution < 1.29 is 9.18 Å². The third-order valence-electron chi connectivity index (χ3n) is 7.19. The molecular weight excluding hydrogens is 377 g/mol. The van der Waals surface area contributed by atoms with Crippen LogP contribution in [0.2, 0.25) is 0 Å². The summed E-state index contributed by atoms with van der Waals surface area (Å²) in [6.07, 6.45) is 4.21. The van der Waals surface area contributed by atoms with Crippen molar-refractivity contribution >= 4 is 11.6 Å². The zero-order valence-corrected chi connectivity index (χ0v) is 17.5. The number of piperidine rings is 1. The lowest BCUT2D eigenvalue weighted by Crippen LogP contribution is -2.56.